The molecular formula is C36H32N4O6S. The average molecular weight is 649 g/mol. The Hall–Kier alpha value is -5.36. The van der Waals surface area contributed by atoms with Crippen molar-refractivity contribution in [2.45, 2.75) is 4.90 Å². The van der Waals surface area contributed by atoms with Crippen LogP contribution in [-0.4, -0.2) is 67.3 Å². The molecule has 0 spiro atoms. The number of esters is 1. The van der Waals surface area contributed by atoms with Crippen molar-refractivity contribution in [3.05, 3.63) is 127 Å². The van der Waals surface area contributed by atoms with Crippen LogP contribution in [0.25, 0.3) is 34.1 Å². The smallest absolute Gasteiger partial charge is 0.331 e. The van der Waals surface area contributed by atoms with Crippen molar-refractivity contribution in [2.75, 3.05) is 38.2 Å². The van der Waals surface area contributed by atoms with Crippen molar-refractivity contribution in [1.82, 2.24) is 14.1 Å². The molecule has 1 aliphatic heterocycles. The first-order chi connectivity index (χ1) is 22.9. The largest absolute Gasteiger partial charge is 0.452 e. The first-order valence-corrected chi connectivity index (χ1v) is 16.4. The summed E-state index contributed by atoms with van der Waals surface area (Å²) in [5.74, 6) is -1.27. The van der Waals surface area contributed by atoms with E-state index in [9.17, 15) is 18.0 Å². The second kappa shape index (κ2) is 14.4. The number of nitrogens with zero attached hydrogens (tertiary/aromatic N) is 3. The van der Waals surface area contributed by atoms with Gasteiger partial charge in [0.15, 0.2) is 6.61 Å². The normalized spacial score (nSPS) is 13.8. The Balaban J connectivity index is 1.10. The first-order valence-electron chi connectivity index (χ1n) is 15.0. The molecule has 6 rings (SSSR count). The van der Waals surface area contributed by atoms with Crippen LogP contribution in [0.15, 0.2) is 126 Å². The number of benzene rings is 4. The molecule has 0 saturated carbocycles. The van der Waals surface area contributed by atoms with Gasteiger partial charge in [0, 0.05) is 42.2 Å². The summed E-state index contributed by atoms with van der Waals surface area (Å²) in [4.78, 5) is 25.2. The van der Waals surface area contributed by atoms with E-state index in [1.807, 2.05) is 79.0 Å². The summed E-state index contributed by atoms with van der Waals surface area (Å²) in [6.07, 6.45) is 4.70. The highest BCUT2D eigenvalue weighted by Gasteiger charge is 2.26. The van der Waals surface area contributed by atoms with Gasteiger partial charge >= 0.3 is 5.97 Å². The number of ether oxygens (including phenoxy) is 2. The number of carbonyl (C=O) groups is 2. The molecule has 0 bridgehead atoms. The molecule has 0 unspecified atom stereocenters. The summed E-state index contributed by atoms with van der Waals surface area (Å²) >= 11 is 0. The Bertz CT molecular complexity index is 1970. The van der Waals surface area contributed by atoms with Gasteiger partial charge in [-0.15, -0.1) is 0 Å². The molecule has 1 saturated heterocycles. The van der Waals surface area contributed by atoms with Crippen molar-refractivity contribution in [1.29, 1.82) is 0 Å². The molecule has 1 aliphatic rings. The van der Waals surface area contributed by atoms with E-state index < -0.39 is 28.5 Å². The van der Waals surface area contributed by atoms with E-state index in [0.717, 1.165) is 22.4 Å². The predicted octanol–water partition coefficient (Wildman–Crippen LogP) is 5.42. The molecular weight excluding hydrogens is 616 g/mol. The van der Waals surface area contributed by atoms with Gasteiger partial charge in [-0.05, 0) is 53.6 Å². The zero-order valence-corrected chi connectivity index (χ0v) is 26.2. The zero-order valence-electron chi connectivity index (χ0n) is 25.4. The molecule has 10 nitrogen and oxygen atoms in total. The van der Waals surface area contributed by atoms with Crippen LogP contribution in [0.5, 0.6) is 0 Å². The number of hydrogen-bond donors (Lipinski definition) is 1. The van der Waals surface area contributed by atoms with E-state index in [0.29, 0.717) is 43.2 Å². The molecule has 4 aromatic carbocycles. The first kappa shape index (κ1) is 31.6. The third-order valence-corrected chi connectivity index (χ3v) is 9.43. The molecule has 2 heterocycles. The number of sulfonamides is 1. The van der Waals surface area contributed by atoms with Crippen LogP contribution in [0, 0.1) is 0 Å². The van der Waals surface area contributed by atoms with Gasteiger partial charge in [-0.1, -0.05) is 72.8 Å². The molecule has 1 aromatic heterocycles. The van der Waals surface area contributed by atoms with E-state index in [2.05, 4.69) is 17.4 Å². The fraction of sp³-hybridized carbons (Fsp3) is 0.139. The maximum atomic E-state index is 12.8. The van der Waals surface area contributed by atoms with Crippen molar-refractivity contribution >= 4 is 33.7 Å². The summed E-state index contributed by atoms with van der Waals surface area (Å²) < 4.78 is 39.2. The number of para-hydroxylation sites is 1. The quantitative estimate of drug-likeness (QED) is 0.159. The number of amides is 1. The molecule has 0 aliphatic carbocycles. The van der Waals surface area contributed by atoms with Gasteiger partial charge in [-0.25, -0.2) is 17.9 Å². The van der Waals surface area contributed by atoms with Crippen molar-refractivity contribution < 1.29 is 27.5 Å². The SMILES string of the molecule is O=C(COC(=O)C=Cc1cn(-c2ccccc2)nc1-c1ccc(-c2ccccc2)cc1)Nc1ccc(S(=O)(=O)N2CCOCC2)cc1. The van der Waals surface area contributed by atoms with E-state index in [1.54, 1.807) is 10.8 Å². The monoisotopic (exact) mass is 648 g/mol. The molecule has 1 fully saturated rings. The molecule has 47 heavy (non-hydrogen) atoms. The van der Waals surface area contributed by atoms with Gasteiger partial charge in [-0.2, -0.15) is 9.40 Å². The van der Waals surface area contributed by atoms with E-state index in [4.69, 9.17) is 14.6 Å². The number of aromatic nitrogens is 2. The fourth-order valence-electron chi connectivity index (χ4n) is 5.08. The van der Waals surface area contributed by atoms with Crippen LogP contribution in [0.4, 0.5) is 5.69 Å². The second-order valence-electron chi connectivity index (χ2n) is 10.7. The Kier molecular flexibility index (Phi) is 9.67. The third-order valence-electron chi connectivity index (χ3n) is 7.52. The lowest BCUT2D eigenvalue weighted by molar-refractivity contribution is -0.142. The van der Waals surface area contributed by atoms with Crippen LogP contribution < -0.4 is 5.32 Å². The topological polar surface area (TPSA) is 120 Å². The van der Waals surface area contributed by atoms with Crippen LogP contribution in [0.3, 0.4) is 0 Å². The van der Waals surface area contributed by atoms with Crippen LogP contribution >= 0.6 is 0 Å². The predicted molar refractivity (Wildman–Crippen MR) is 179 cm³/mol. The number of morpholine rings is 1. The summed E-state index contributed by atoms with van der Waals surface area (Å²) in [7, 11) is -3.65. The highest BCUT2D eigenvalue weighted by atomic mass is 32.2. The van der Waals surface area contributed by atoms with Crippen molar-refractivity contribution in [2.24, 2.45) is 0 Å². The highest BCUT2D eigenvalue weighted by Crippen LogP contribution is 2.28. The minimum atomic E-state index is -3.65. The van der Waals surface area contributed by atoms with Gasteiger partial charge in [0.25, 0.3) is 5.91 Å². The molecule has 11 heteroatoms. The number of nitrogens with one attached hydrogen (secondary N) is 1. The summed E-state index contributed by atoms with van der Waals surface area (Å²) in [5, 5.41) is 7.42. The van der Waals surface area contributed by atoms with Crippen molar-refractivity contribution in [3.8, 4) is 28.1 Å². The minimum absolute atomic E-state index is 0.121. The lowest BCUT2D eigenvalue weighted by atomic mass is 10.0. The van der Waals surface area contributed by atoms with Gasteiger partial charge in [0.2, 0.25) is 10.0 Å². The number of rotatable bonds is 10. The zero-order chi connectivity index (χ0) is 32.6. The van der Waals surface area contributed by atoms with Crippen LogP contribution in [0.2, 0.25) is 0 Å². The lowest BCUT2D eigenvalue weighted by Crippen LogP contribution is -2.40. The minimum Gasteiger partial charge on any atom is -0.452 e. The number of carbonyl (C=O) groups excluding carboxylic acids is 2. The van der Waals surface area contributed by atoms with Crippen molar-refractivity contribution in [3.63, 3.8) is 0 Å². The third kappa shape index (κ3) is 7.72. The number of anilines is 1. The molecule has 0 atom stereocenters. The Morgan fingerprint density at radius 3 is 2.11 bits per heavy atom. The summed E-state index contributed by atoms with van der Waals surface area (Å²) in [5.41, 5.74) is 5.65. The molecule has 5 aromatic rings. The standard InChI is InChI=1S/C36H32N4O6S/c41-34(37-31-16-18-33(19-17-31)47(43,44)39-21-23-45-24-22-39)26-46-35(42)20-15-30-25-40(32-9-5-2-6-10-32)38-36(30)29-13-11-28(12-14-29)27-7-3-1-4-8-27/h1-20,25H,21-24,26H2,(H,37,41). The molecule has 238 valence electrons. The summed E-state index contributed by atoms with van der Waals surface area (Å²) in [6.45, 7) is 0.762. The average Bonchev–Trinajstić information content (AvgIpc) is 3.56. The van der Waals surface area contributed by atoms with Gasteiger partial charge in [0.1, 0.15) is 0 Å². The van der Waals surface area contributed by atoms with E-state index >= 15 is 0 Å². The maximum Gasteiger partial charge on any atom is 0.331 e. The van der Waals surface area contributed by atoms with Gasteiger partial charge in [-0.3, -0.25) is 4.79 Å². The second-order valence-corrected chi connectivity index (χ2v) is 12.6. The van der Waals surface area contributed by atoms with Gasteiger partial charge < -0.3 is 14.8 Å². The molecule has 1 amide bonds. The Labute approximate surface area is 272 Å². The fourth-order valence-corrected chi connectivity index (χ4v) is 6.49. The highest BCUT2D eigenvalue weighted by molar-refractivity contribution is 7.89. The van der Waals surface area contributed by atoms with Crippen LogP contribution in [-0.2, 0) is 29.1 Å². The van der Waals surface area contributed by atoms with E-state index in [-0.39, 0.29) is 4.90 Å². The lowest BCUT2D eigenvalue weighted by Gasteiger charge is -2.26. The Morgan fingerprint density at radius 1 is 0.809 bits per heavy atom. The Morgan fingerprint density at radius 2 is 1.43 bits per heavy atom. The van der Waals surface area contributed by atoms with Crippen LogP contribution in [0.1, 0.15) is 5.56 Å². The maximum absolute atomic E-state index is 12.8. The summed E-state index contributed by atoms with van der Waals surface area (Å²) in [6, 6.07) is 33.6. The molecule has 1 N–H and O–H groups in total. The molecule has 0 radical (unpaired) electrons. The van der Waals surface area contributed by atoms with E-state index in [1.165, 1.54) is 34.6 Å². The van der Waals surface area contributed by atoms with Gasteiger partial charge in [0.05, 0.1) is 29.5 Å². The number of hydrogen-bond acceptors (Lipinski definition) is 7.